The number of benzene rings is 2. The molecule has 1 N–H and O–H groups in total. The second-order valence-corrected chi connectivity index (χ2v) is 12.6. The molecular formula is C28H34F3N3O5S. The van der Waals surface area contributed by atoms with Crippen molar-refractivity contribution in [3.8, 4) is 0 Å². The molecule has 3 aliphatic rings. The molecule has 2 aromatic rings. The zero-order valence-corrected chi connectivity index (χ0v) is 23.0. The molecule has 3 fully saturated rings. The van der Waals surface area contributed by atoms with E-state index in [1.54, 1.807) is 11.0 Å². The molecule has 0 spiro atoms. The number of halogens is 3. The molecule has 2 saturated heterocycles. The highest BCUT2D eigenvalue weighted by atomic mass is 32.2. The summed E-state index contributed by atoms with van der Waals surface area (Å²) in [5.74, 6) is -2.97. The van der Waals surface area contributed by atoms with Gasteiger partial charge in [0.15, 0.2) is 11.6 Å². The van der Waals surface area contributed by atoms with Crippen LogP contribution in [0.3, 0.4) is 0 Å². The summed E-state index contributed by atoms with van der Waals surface area (Å²) >= 11 is 0. The summed E-state index contributed by atoms with van der Waals surface area (Å²) in [7, 11) is -4.41. The highest BCUT2D eigenvalue weighted by molar-refractivity contribution is 7.89. The van der Waals surface area contributed by atoms with Gasteiger partial charge in [-0.2, -0.15) is 4.31 Å². The number of piperazine rings is 1. The van der Waals surface area contributed by atoms with Crippen LogP contribution in [0.15, 0.2) is 47.4 Å². The van der Waals surface area contributed by atoms with E-state index in [2.05, 4.69) is 4.90 Å². The lowest BCUT2D eigenvalue weighted by atomic mass is 9.90. The lowest BCUT2D eigenvalue weighted by Crippen LogP contribution is -2.55. The van der Waals surface area contributed by atoms with Crippen molar-refractivity contribution in [2.45, 2.75) is 61.1 Å². The third-order valence-corrected chi connectivity index (χ3v) is 10.1. The SMILES string of the molecule is O=C(OC1([C@H]2CCC[C@@H](c3cccc(F)c3)N2S(=O)(=O)c2ccc(F)c(F)c2)CC1)N1CCN(CCCO)CC1. The van der Waals surface area contributed by atoms with Crippen LogP contribution in [0.4, 0.5) is 18.0 Å². The molecule has 0 unspecified atom stereocenters. The largest absolute Gasteiger partial charge is 0.441 e. The van der Waals surface area contributed by atoms with E-state index in [9.17, 15) is 26.4 Å². The van der Waals surface area contributed by atoms with Gasteiger partial charge in [-0.05, 0) is 74.4 Å². The molecule has 2 aliphatic heterocycles. The molecule has 2 atom stereocenters. The van der Waals surface area contributed by atoms with Crippen LogP contribution in [0.5, 0.6) is 0 Å². The van der Waals surface area contributed by atoms with Crippen molar-refractivity contribution < 1.29 is 36.2 Å². The van der Waals surface area contributed by atoms with Crippen molar-refractivity contribution in [3.63, 3.8) is 0 Å². The van der Waals surface area contributed by atoms with E-state index >= 15 is 0 Å². The lowest BCUT2D eigenvalue weighted by Gasteiger charge is -2.45. The number of nitrogens with zero attached hydrogens (tertiary/aromatic N) is 3. The van der Waals surface area contributed by atoms with Crippen molar-refractivity contribution in [2.24, 2.45) is 0 Å². The number of rotatable bonds is 8. The Morgan fingerprint density at radius 3 is 2.40 bits per heavy atom. The second-order valence-electron chi connectivity index (χ2n) is 10.8. The Labute approximate surface area is 232 Å². The van der Waals surface area contributed by atoms with Gasteiger partial charge in [-0.15, -0.1) is 0 Å². The van der Waals surface area contributed by atoms with Gasteiger partial charge in [-0.25, -0.2) is 26.4 Å². The fourth-order valence-electron chi connectivity index (χ4n) is 5.91. The number of ether oxygens (including phenoxy) is 1. The predicted octanol–water partition coefficient (Wildman–Crippen LogP) is 4.06. The first-order valence-corrected chi connectivity index (χ1v) is 15.1. The maximum Gasteiger partial charge on any atom is 0.410 e. The highest BCUT2D eigenvalue weighted by Crippen LogP contribution is 2.52. The average Bonchev–Trinajstić information content (AvgIpc) is 3.73. The molecule has 8 nitrogen and oxygen atoms in total. The molecule has 2 heterocycles. The first-order valence-electron chi connectivity index (χ1n) is 13.7. The first-order chi connectivity index (χ1) is 19.1. The van der Waals surface area contributed by atoms with E-state index in [4.69, 9.17) is 9.84 Å². The summed E-state index contributed by atoms with van der Waals surface area (Å²) in [5.41, 5.74) is -0.625. The Morgan fingerprint density at radius 2 is 1.75 bits per heavy atom. The van der Waals surface area contributed by atoms with Gasteiger partial charge in [-0.3, -0.25) is 4.90 Å². The van der Waals surface area contributed by atoms with Crippen molar-refractivity contribution in [2.75, 3.05) is 39.3 Å². The fourth-order valence-corrected chi connectivity index (χ4v) is 7.84. The van der Waals surface area contributed by atoms with Crippen LogP contribution >= 0.6 is 0 Å². The molecule has 12 heteroatoms. The number of aliphatic hydroxyl groups is 1. The van der Waals surface area contributed by atoms with Gasteiger partial charge < -0.3 is 14.7 Å². The number of carbonyl (C=O) groups is 1. The predicted molar refractivity (Wildman–Crippen MR) is 140 cm³/mol. The quantitative estimate of drug-likeness (QED) is 0.506. The Kier molecular flexibility index (Phi) is 8.42. The van der Waals surface area contributed by atoms with Gasteiger partial charge >= 0.3 is 6.09 Å². The van der Waals surface area contributed by atoms with E-state index in [1.807, 2.05) is 0 Å². The van der Waals surface area contributed by atoms with Crippen LogP contribution in [-0.2, 0) is 14.8 Å². The standard InChI is InChI=1S/C28H34F3N3O5S/c29-21-5-1-4-20(18-21)25-6-2-7-26(34(25)40(37,38)22-8-9-23(30)24(31)19-22)28(10-11-28)39-27(36)33-15-13-32(14-16-33)12-3-17-35/h1,4-5,8-9,18-19,25-26,35H,2-3,6-7,10-17H2/t25-,26+/m0/s1. The van der Waals surface area contributed by atoms with E-state index < -0.39 is 56.1 Å². The van der Waals surface area contributed by atoms with Gasteiger partial charge in [0, 0.05) is 39.3 Å². The van der Waals surface area contributed by atoms with Gasteiger partial charge in [0.25, 0.3) is 0 Å². The minimum Gasteiger partial charge on any atom is -0.441 e. The molecule has 0 radical (unpaired) electrons. The summed E-state index contributed by atoms with van der Waals surface area (Å²) in [6.45, 7) is 3.03. The Balaban J connectivity index is 1.43. The molecule has 1 saturated carbocycles. The van der Waals surface area contributed by atoms with E-state index in [0.29, 0.717) is 76.3 Å². The van der Waals surface area contributed by atoms with Crippen molar-refractivity contribution >= 4 is 16.1 Å². The van der Waals surface area contributed by atoms with Crippen molar-refractivity contribution in [1.82, 2.24) is 14.1 Å². The monoisotopic (exact) mass is 581 g/mol. The second kappa shape index (κ2) is 11.7. The summed E-state index contributed by atoms with van der Waals surface area (Å²) in [6, 6.07) is 6.60. The van der Waals surface area contributed by atoms with Crippen LogP contribution in [0.2, 0.25) is 0 Å². The number of piperidine rings is 1. The van der Waals surface area contributed by atoms with Gasteiger partial charge in [0.1, 0.15) is 11.4 Å². The number of hydrogen-bond donors (Lipinski definition) is 1. The number of aliphatic hydroxyl groups excluding tert-OH is 1. The smallest absolute Gasteiger partial charge is 0.410 e. The van der Waals surface area contributed by atoms with Crippen LogP contribution in [0.1, 0.15) is 50.1 Å². The molecule has 1 amide bonds. The van der Waals surface area contributed by atoms with Gasteiger partial charge in [0.2, 0.25) is 10.0 Å². The number of amides is 1. The van der Waals surface area contributed by atoms with Gasteiger partial charge in [0.05, 0.1) is 17.0 Å². The summed E-state index contributed by atoms with van der Waals surface area (Å²) in [5, 5.41) is 9.07. The topological polar surface area (TPSA) is 90.4 Å². The van der Waals surface area contributed by atoms with E-state index in [0.717, 1.165) is 18.7 Å². The van der Waals surface area contributed by atoms with Crippen molar-refractivity contribution in [3.05, 3.63) is 65.5 Å². The summed E-state index contributed by atoms with van der Waals surface area (Å²) in [6.07, 6.45) is 2.46. The minimum atomic E-state index is -4.41. The minimum absolute atomic E-state index is 0.104. The number of hydrogen-bond acceptors (Lipinski definition) is 6. The Morgan fingerprint density at radius 1 is 1.00 bits per heavy atom. The molecule has 0 aromatic heterocycles. The molecule has 40 heavy (non-hydrogen) atoms. The first kappa shape index (κ1) is 28.8. The number of sulfonamides is 1. The van der Waals surface area contributed by atoms with Crippen LogP contribution in [-0.4, -0.2) is 84.7 Å². The maximum atomic E-state index is 14.2. The van der Waals surface area contributed by atoms with Gasteiger partial charge in [-0.1, -0.05) is 12.1 Å². The van der Waals surface area contributed by atoms with E-state index in [-0.39, 0.29) is 6.61 Å². The summed E-state index contributed by atoms with van der Waals surface area (Å²) < 4.78 is 77.6. The number of carbonyl (C=O) groups excluding carboxylic acids is 1. The van der Waals surface area contributed by atoms with Crippen molar-refractivity contribution in [1.29, 1.82) is 0 Å². The molecular weight excluding hydrogens is 547 g/mol. The third-order valence-electron chi connectivity index (χ3n) is 8.17. The maximum absolute atomic E-state index is 14.2. The third kappa shape index (κ3) is 5.86. The zero-order valence-electron chi connectivity index (χ0n) is 22.1. The fraction of sp³-hybridized carbons (Fsp3) is 0.536. The average molecular weight is 582 g/mol. The normalized spacial score (nSPS) is 23.6. The van der Waals surface area contributed by atoms with E-state index in [1.165, 1.54) is 22.5 Å². The molecule has 1 aliphatic carbocycles. The molecule has 5 rings (SSSR count). The highest BCUT2D eigenvalue weighted by Gasteiger charge is 2.60. The molecule has 0 bridgehead atoms. The van der Waals surface area contributed by atoms with Crippen LogP contribution < -0.4 is 0 Å². The molecule has 2 aromatic carbocycles. The van der Waals surface area contributed by atoms with Crippen LogP contribution in [0.25, 0.3) is 0 Å². The zero-order chi connectivity index (χ0) is 28.5. The van der Waals surface area contributed by atoms with Crippen LogP contribution in [0, 0.1) is 17.5 Å². The summed E-state index contributed by atoms with van der Waals surface area (Å²) in [4.78, 5) is 16.6. The Bertz CT molecular complexity index is 1330. The Hall–Kier alpha value is -2.67. The lowest BCUT2D eigenvalue weighted by molar-refractivity contribution is -0.0142. The molecule has 218 valence electrons.